The van der Waals surface area contributed by atoms with Crippen LogP contribution in [0.25, 0.3) is 17.2 Å². The molecule has 0 saturated carbocycles. The molecular weight excluding hydrogens is 396 g/mol. The summed E-state index contributed by atoms with van der Waals surface area (Å²) < 4.78 is 4.35. The molecule has 0 unspecified atom stereocenters. The van der Waals surface area contributed by atoms with Crippen molar-refractivity contribution in [2.45, 2.75) is 27.7 Å². The highest BCUT2D eigenvalue weighted by Crippen LogP contribution is 2.28. The van der Waals surface area contributed by atoms with Crippen molar-refractivity contribution in [1.29, 1.82) is 0 Å². The van der Waals surface area contributed by atoms with Gasteiger partial charge >= 0.3 is 0 Å². The van der Waals surface area contributed by atoms with Crippen LogP contribution in [0, 0.1) is 27.7 Å². The fourth-order valence-electron chi connectivity index (χ4n) is 4.18. The Bertz CT molecular complexity index is 1170. The summed E-state index contributed by atoms with van der Waals surface area (Å²) in [6.07, 6.45) is 2.78. The number of aromatic nitrogens is 3. The van der Waals surface area contributed by atoms with Crippen molar-refractivity contribution in [2.24, 2.45) is 0 Å². The SMILES string of the molecule is Cc1ccc(C)n1-c1cc(/C(=C/CNC=O)c2ccccc2)cc(-n2c(C)ccc2C)n1. The van der Waals surface area contributed by atoms with Gasteiger partial charge in [0.15, 0.2) is 0 Å². The Morgan fingerprint density at radius 3 is 1.75 bits per heavy atom. The van der Waals surface area contributed by atoms with Crippen LogP contribution in [0.15, 0.2) is 72.8 Å². The third kappa shape index (κ3) is 4.14. The van der Waals surface area contributed by atoms with Crippen LogP contribution in [0.2, 0.25) is 0 Å². The highest BCUT2D eigenvalue weighted by Gasteiger charge is 2.15. The number of carbonyl (C=O) groups excluding carboxylic acids is 1. The minimum atomic E-state index is 0.448. The van der Waals surface area contributed by atoms with E-state index in [1.54, 1.807) is 0 Å². The van der Waals surface area contributed by atoms with E-state index in [1.807, 2.05) is 18.2 Å². The predicted octanol–water partition coefficient (Wildman–Crippen LogP) is 5.07. The second-order valence-corrected chi connectivity index (χ2v) is 7.99. The minimum Gasteiger partial charge on any atom is -0.355 e. The van der Waals surface area contributed by atoms with E-state index >= 15 is 0 Å². The normalized spacial score (nSPS) is 11.6. The largest absolute Gasteiger partial charge is 0.355 e. The molecule has 4 rings (SSSR count). The molecule has 3 aromatic heterocycles. The summed E-state index contributed by atoms with van der Waals surface area (Å²) in [4.78, 5) is 15.9. The quantitative estimate of drug-likeness (QED) is 0.332. The number of aryl methyl sites for hydroxylation is 4. The third-order valence-electron chi connectivity index (χ3n) is 5.70. The maximum Gasteiger partial charge on any atom is 0.207 e. The second-order valence-electron chi connectivity index (χ2n) is 7.99. The highest BCUT2D eigenvalue weighted by molar-refractivity contribution is 5.81. The van der Waals surface area contributed by atoms with Crippen LogP contribution < -0.4 is 5.32 Å². The van der Waals surface area contributed by atoms with Gasteiger partial charge in [0.05, 0.1) is 0 Å². The van der Waals surface area contributed by atoms with Crippen molar-refractivity contribution >= 4 is 12.0 Å². The van der Waals surface area contributed by atoms with Gasteiger partial charge in [-0.05, 0) is 80.8 Å². The molecule has 0 spiro atoms. The lowest BCUT2D eigenvalue weighted by molar-refractivity contribution is -0.109. The number of amides is 1. The molecule has 4 aromatic rings. The molecule has 5 heteroatoms. The first-order chi connectivity index (χ1) is 15.5. The monoisotopic (exact) mass is 424 g/mol. The van der Waals surface area contributed by atoms with Crippen molar-refractivity contribution in [3.8, 4) is 11.6 Å². The lowest BCUT2D eigenvalue weighted by Crippen LogP contribution is -2.11. The van der Waals surface area contributed by atoms with Crippen molar-refractivity contribution < 1.29 is 4.79 Å². The van der Waals surface area contributed by atoms with Gasteiger partial charge in [0.2, 0.25) is 6.41 Å². The van der Waals surface area contributed by atoms with Crippen LogP contribution in [0.3, 0.4) is 0 Å². The van der Waals surface area contributed by atoms with Gasteiger partial charge in [0.1, 0.15) is 11.6 Å². The summed E-state index contributed by atoms with van der Waals surface area (Å²) in [5, 5.41) is 2.76. The Balaban J connectivity index is 1.98. The van der Waals surface area contributed by atoms with Gasteiger partial charge in [-0.25, -0.2) is 4.98 Å². The second kappa shape index (κ2) is 9.10. The molecule has 1 aromatic carbocycles. The Kier molecular flexibility index (Phi) is 6.08. The van der Waals surface area contributed by atoms with Gasteiger partial charge in [0, 0.05) is 29.3 Å². The number of nitrogens with zero attached hydrogens (tertiary/aromatic N) is 3. The van der Waals surface area contributed by atoms with Crippen LogP contribution in [0.5, 0.6) is 0 Å². The number of hydrogen-bond donors (Lipinski definition) is 1. The summed E-state index contributed by atoms with van der Waals surface area (Å²) in [6.45, 7) is 8.82. The summed E-state index contributed by atoms with van der Waals surface area (Å²) in [5.74, 6) is 1.74. The molecule has 5 nitrogen and oxygen atoms in total. The van der Waals surface area contributed by atoms with Crippen LogP contribution in [0.4, 0.5) is 0 Å². The fourth-order valence-corrected chi connectivity index (χ4v) is 4.18. The molecule has 162 valence electrons. The van der Waals surface area contributed by atoms with E-state index in [0.29, 0.717) is 6.54 Å². The van der Waals surface area contributed by atoms with Gasteiger partial charge in [-0.1, -0.05) is 36.4 Å². The molecule has 0 aliphatic carbocycles. The lowest BCUT2D eigenvalue weighted by atomic mass is 9.98. The fraction of sp³-hybridized carbons (Fsp3) is 0.185. The number of rotatable bonds is 7. The molecule has 3 heterocycles. The first-order valence-electron chi connectivity index (χ1n) is 10.8. The number of benzene rings is 1. The van der Waals surface area contributed by atoms with Crippen molar-refractivity contribution in [3.05, 3.63) is 107 Å². The molecule has 0 bridgehead atoms. The highest BCUT2D eigenvalue weighted by atomic mass is 16.1. The number of pyridine rings is 1. The Morgan fingerprint density at radius 2 is 1.28 bits per heavy atom. The average molecular weight is 425 g/mol. The van der Waals surface area contributed by atoms with E-state index in [9.17, 15) is 4.79 Å². The van der Waals surface area contributed by atoms with E-state index < -0.39 is 0 Å². The number of nitrogens with one attached hydrogen (secondary N) is 1. The maximum absolute atomic E-state index is 10.9. The van der Waals surface area contributed by atoms with Crippen molar-refractivity contribution in [1.82, 2.24) is 19.4 Å². The van der Waals surface area contributed by atoms with Gasteiger partial charge < -0.3 is 14.5 Å². The van der Waals surface area contributed by atoms with E-state index in [1.165, 1.54) is 0 Å². The van der Waals surface area contributed by atoms with Crippen LogP contribution in [-0.2, 0) is 4.79 Å². The predicted molar refractivity (Wildman–Crippen MR) is 129 cm³/mol. The van der Waals surface area contributed by atoms with Crippen molar-refractivity contribution in [2.75, 3.05) is 6.54 Å². The summed E-state index contributed by atoms with van der Waals surface area (Å²) in [6, 6.07) is 22.9. The topological polar surface area (TPSA) is 51.9 Å². The Hall–Kier alpha value is -3.86. The van der Waals surface area contributed by atoms with E-state index in [0.717, 1.165) is 57.5 Å². The molecular formula is C27H28N4O. The zero-order valence-electron chi connectivity index (χ0n) is 19.0. The molecule has 32 heavy (non-hydrogen) atoms. The summed E-state index contributed by atoms with van der Waals surface area (Å²) in [7, 11) is 0. The molecule has 0 atom stereocenters. The number of carbonyl (C=O) groups is 1. The summed E-state index contributed by atoms with van der Waals surface area (Å²) >= 11 is 0. The first kappa shape index (κ1) is 21.4. The molecule has 0 saturated heterocycles. The van der Waals surface area contributed by atoms with E-state index in [-0.39, 0.29) is 0 Å². The van der Waals surface area contributed by atoms with Gasteiger partial charge in [-0.15, -0.1) is 0 Å². The average Bonchev–Trinajstić information content (AvgIpc) is 3.31. The Labute approximate surface area is 189 Å². The zero-order chi connectivity index (χ0) is 22.7. The molecule has 1 N–H and O–H groups in total. The van der Waals surface area contributed by atoms with E-state index in [2.05, 4.69) is 96.8 Å². The van der Waals surface area contributed by atoms with Gasteiger partial charge in [-0.2, -0.15) is 0 Å². The summed E-state index contributed by atoms with van der Waals surface area (Å²) in [5.41, 5.74) is 7.71. The minimum absolute atomic E-state index is 0.448. The standard InChI is InChI=1S/C27H28N4O/c1-19-10-11-20(2)30(19)26-16-24(17-27(29-26)31-21(3)12-13-22(31)4)25(14-15-28-18-32)23-8-6-5-7-9-23/h5-14,16-18H,15H2,1-4H3,(H,28,32)/b25-14+. The van der Waals surface area contributed by atoms with Crippen LogP contribution >= 0.6 is 0 Å². The molecule has 0 aliphatic rings. The van der Waals surface area contributed by atoms with Gasteiger partial charge in [-0.3, -0.25) is 4.79 Å². The van der Waals surface area contributed by atoms with Crippen LogP contribution in [-0.4, -0.2) is 27.1 Å². The zero-order valence-corrected chi connectivity index (χ0v) is 19.0. The third-order valence-corrected chi connectivity index (χ3v) is 5.70. The maximum atomic E-state index is 10.9. The Morgan fingerprint density at radius 1 is 0.781 bits per heavy atom. The van der Waals surface area contributed by atoms with E-state index in [4.69, 9.17) is 4.98 Å². The molecule has 0 aliphatic heterocycles. The van der Waals surface area contributed by atoms with Crippen LogP contribution in [0.1, 0.15) is 33.9 Å². The number of hydrogen-bond acceptors (Lipinski definition) is 2. The molecule has 1 amide bonds. The smallest absolute Gasteiger partial charge is 0.207 e. The lowest BCUT2D eigenvalue weighted by Gasteiger charge is -2.17. The first-order valence-corrected chi connectivity index (χ1v) is 10.8. The van der Waals surface area contributed by atoms with Gasteiger partial charge in [0.25, 0.3) is 0 Å². The molecule has 0 radical (unpaired) electrons. The molecule has 0 fully saturated rings. The van der Waals surface area contributed by atoms with Crippen molar-refractivity contribution in [3.63, 3.8) is 0 Å².